The molecule has 0 aliphatic carbocycles. The van der Waals surface area contributed by atoms with Gasteiger partial charge in [0.2, 0.25) is 0 Å². The van der Waals surface area contributed by atoms with Crippen molar-refractivity contribution in [1.82, 2.24) is 5.32 Å². The first-order valence-electron chi connectivity index (χ1n) is 5.07. The van der Waals surface area contributed by atoms with Gasteiger partial charge >= 0.3 is 12.1 Å². The Bertz CT molecular complexity index is 215. The fraction of sp³-hybridized carbons (Fsp3) is 0.800. The molecule has 0 rings (SSSR count). The number of esters is 1. The molecule has 88 valence electrons. The lowest BCUT2D eigenvalue weighted by Gasteiger charge is -2.13. The Morgan fingerprint density at radius 1 is 1.20 bits per heavy atom. The zero-order chi connectivity index (χ0) is 11.8. The van der Waals surface area contributed by atoms with Gasteiger partial charge in [0.05, 0.1) is 13.2 Å². The van der Waals surface area contributed by atoms with E-state index in [0.29, 0.717) is 13.2 Å². The van der Waals surface area contributed by atoms with Gasteiger partial charge in [-0.3, -0.25) is 0 Å². The van der Waals surface area contributed by atoms with Gasteiger partial charge in [-0.2, -0.15) is 0 Å². The number of carbonyl (C=O) groups is 2. The number of rotatable bonds is 5. The average molecular weight is 217 g/mol. The number of hydrogen-bond acceptors (Lipinski definition) is 4. The van der Waals surface area contributed by atoms with E-state index in [9.17, 15) is 9.59 Å². The van der Waals surface area contributed by atoms with Crippen LogP contribution in [0.15, 0.2) is 0 Å². The molecule has 15 heavy (non-hydrogen) atoms. The summed E-state index contributed by atoms with van der Waals surface area (Å²) in [6, 6.07) is -0.676. The Balaban J connectivity index is 3.80. The zero-order valence-electron chi connectivity index (χ0n) is 9.70. The van der Waals surface area contributed by atoms with Crippen molar-refractivity contribution < 1.29 is 19.1 Å². The van der Waals surface area contributed by atoms with Gasteiger partial charge in [0.15, 0.2) is 0 Å². The molecule has 0 fully saturated rings. The number of nitrogens with one attached hydrogen (secondary N) is 1. The molecule has 0 bridgehead atoms. The quantitative estimate of drug-likeness (QED) is 0.705. The Morgan fingerprint density at radius 2 is 1.80 bits per heavy atom. The summed E-state index contributed by atoms with van der Waals surface area (Å²) < 4.78 is 9.57. The maximum atomic E-state index is 11.1. The lowest BCUT2D eigenvalue weighted by Crippen LogP contribution is -2.40. The van der Waals surface area contributed by atoms with Gasteiger partial charge in [-0.1, -0.05) is 13.8 Å². The lowest BCUT2D eigenvalue weighted by atomic mass is 10.2. The van der Waals surface area contributed by atoms with Crippen molar-refractivity contribution in [2.75, 3.05) is 13.2 Å². The van der Waals surface area contributed by atoms with E-state index in [0.717, 1.165) is 0 Å². The predicted molar refractivity (Wildman–Crippen MR) is 55.4 cm³/mol. The molecule has 1 N–H and O–H groups in total. The first-order valence-corrected chi connectivity index (χ1v) is 5.07. The standard InChI is InChI=1S/C10H19NO4/c1-5-14-9(12)8(4)11-10(13)15-6-7(2)3/h7-8H,5-6H2,1-4H3,(H,11,13)/t8-/m0/s1. The van der Waals surface area contributed by atoms with Gasteiger partial charge in [-0.25, -0.2) is 9.59 Å². The molecule has 0 spiro atoms. The van der Waals surface area contributed by atoms with Crippen LogP contribution in [0.25, 0.3) is 0 Å². The fourth-order valence-corrected chi connectivity index (χ4v) is 0.787. The van der Waals surface area contributed by atoms with Crippen LogP contribution in [-0.4, -0.2) is 31.3 Å². The summed E-state index contributed by atoms with van der Waals surface area (Å²) in [4.78, 5) is 22.2. The molecule has 0 aromatic carbocycles. The highest BCUT2D eigenvalue weighted by Gasteiger charge is 2.17. The molecular formula is C10H19NO4. The van der Waals surface area contributed by atoms with E-state index in [1.54, 1.807) is 13.8 Å². The van der Waals surface area contributed by atoms with E-state index in [4.69, 9.17) is 9.47 Å². The first-order chi connectivity index (χ1) is 6.97. The average Bonchev–Trinajstić information content (AvgIpc) is 2.15. The third-order valence-corrected chi connectivity index (χ3v) is 1.52. The van der Waals surface area contributed by atoms with E-state index >= 15 is 0 Å². The second-order valence-electron chi connectivity index (χ2n) is 3.61. The lowest BCUT2D eigenvalue weighted by molar-refractivity contribution is -0.145. The maximum Gasteiger partial charge on any atom is 0.407 e. The van der Waals surface area contributed by atoms with Gasteiger partial charge in [0.1, 0.15) is 6.04 Å². The van der Waals surface area contributed by atoms with Gasteiger partial charge in [0.25, 0.3) is 0 Å². The van der Waals surface area contributed by atoms with Crippen molar-refractivity contribution in [3.05, 3.63) is 0 Å². The van der Waals surface area contributed by atoms with Crippen LogP contribution in [0.1, 0.15) is 27.7 Å². The van der Waals surface area contributed by atoms with Crippen molar-refractivity contribution in [2.24, 2.45) is 5.92 Å². The highest BCUT2D eigenvalue weighted by atomic mass is 16.6. The normalized spacial score (nSPS) is 12.1. The predicted octanol–water partition coefficient (Wildman–Crippen LogP) is 1.32. The summed E-state index contributed by atoms with van der Waals surface area (Å²) >= 11 is 0. The monoisotopic (exact) mass is 217 g/mol. The molecule has 0 aliphatic heterocycles. The number of ether oxygens (including phenoxy) is 2. The summed E-state index contributed by atoms with van der Waals surface area (Å²) in [6.07, 6.45) is -0.593. The van der Waals surface area contributed by atoms with Gasteiger partial charge in [-0.05, 0) is 19.8 Å². The van der Waals surface area contributed by atoms with Crippen LogP contribution in [0.2, 0.25) is 0 Å². The van der Waals surface area contributed by atoms with E-state index in [1.807, 2.05) is 13.8 Å². The summed E-state index contributed by atoms with van der Waals surface area (Å²) in [6.45, 7) is 7.76. The van der Waals surface area contributed by atoms with E-state index < -0.39 is 18.1 Å². The van der Waals surface area contributed by atoms with Gasteiger partial charge in [-0.15, -0.1) is 0 Å². The molecule has 0 aliphatic rings. The minimum absolute atomic E-state index is 0.272. The molecule has 5 nitrogen and oxygen atoms in total. The minimum Gasteiger partial charge on any atom is -0.464 e. The number of amides is 1. The van der Waals surface area contributed by atoms with Crippen molar-refractivity contribution in [1.29, 1.82) is 0 Å². The smallest absolute Gasteiger partial charge is 0.407 e. The summed E-state index contributed by atoms with van der Waals surface area (Å²) in [5.41, 5.74) is 0. The van der Waals surface area contributed by atoms with Gasteiger partial charge in [0, 0.05) is 0 Å². The third-order valence-electron chi connectivity index (χ3n) is 1.52. The highest BCUT2D eigenvalue weighted by molar-refractivity contribution is 5.80. The molecule has 0 saturated heterocycles. The molecule has 1 amide bonds. The Hall–Kier alpha value is -1.26. The molecule has 5 heteroatoms. The van der Waals surface area contributed by atoms with Crippen molar-refractivity contribution in [2.45, 2.75) is 33.7 Å². The van der Waals surface area contributed by atoms with E-state index in [2.05, 4.69) is 5.32 Å². The Kier molecular flexibility index (Phi) is 6.49. The zero-order valence-corrected chi connectivity index (χ0v) is 9.70. The molecule has 1 atom stereocenters. The largest absolute Gasteiger partial charge is 0.464 e. The van der Waals surface area contributed by atoms with Crippen molar-refractivity contribution >= 4 is 12.1 Å². The van der Waals surface area contributed by atoms with Gasteiger partial charge < -0.3 is 14.8 Å². The van der Waals surface area contributed by atoms with Crippen LogP contribution >= 0.6 is 0 Å². The Morgan fingerprint density at radius 3 is 2.27 bits per heavy atom. The molecule has 0 radical (unpaired) electrons. The van der Waals surface area contributed by atoms with Crippen LogP contribution < -0.4 is 5.32 Å². The van der Waals surface area contributed by atoms with Crippen LogP contribution in [0.4, 0.5) is 4.79 Å². The molecule has 0 unspecified atom stereocenters. The third kappa shape index (κ3) is 6.76. The second-order valence-corrected chi connectivity index (χ2v) is 3.61. The summed E-state index contributed by atoms with van der Waals surface area (Å²) in [7, 11) is 0. The Labute approximate surface area is 90.1 Å². The molecular weight excluding hydrogens is 198 g/mol. The topological polar surface area (TPSA) is 64.6 Å². The SMILES string of the molecule is CCOC(=O)[C@H](C)NC(=O)OCC(C)C. The molecule has 0 aromatic heterocycles. The van der Waals surface area contributed by atoms with Crippen LogP contribution in [-0.2, 0) is 14.3 Å². The molecule has 0 aromatic rings. The van der Waals surface area contributed by atoms with Crippen molar-refractivity contribution in [3.63, 3.8) is 0 Å². The number of carbonyl (C=O) groups excluding carboxylic acids is 2. The minimum atomic E-state index is -0.676. The summed E-state index contributed by atoms with van der Waals surface area (Å²) in [5, 5.41) is 2.38. The molecule has 0 saturated carbocycles. The van der Waals surface area contributed by atoms with E-state index in [-0.39, 0.29) is 5.92 Å². The highest BCUT2D eigenvalue weighted by Crippen LogP contribution is 1.94. The first kappa shape index (κ1) is 13.7. The van der Waals surface area contributed by atoms with Crippen LogP contribution in [0.3, 0.4) is 0 Å². The molecule has 0 heterocycles. The maximum absolute atomic E-state index is 11.1. The van der Waals surface area contributed by atoms with Crippen LogP contribution in [0, 0.1) is 5.92 Å². The van der Waals surface area contributed by atoms with Crippen molar-refractivity contribution in [3.8, 4) is 0 Å². The second kappa shape index (κ2) is 7.09. The fourth-order valence-electron chi connectivity index (χ4n) is 0.787. The number of hydrogen-bond donors (Lipinski definition) is 1. The van der Waals surface area contributed by atoms with E-state index in [1.165, 1.54) is 0 Å². The van der Waals surface area contributed by atoms with Crippen LogP contribution in [0.5, 0.6) is 0 Å². The number of alkyl carbamates (subject to hydrolysis) is 1. The summed E-state index contributed by atoms with van der Waals surface area (Å²) in [5.74, 6) is -0.187.